The molecule has 0 aliphatic heterocycles. The van der Waals surface area contributed by atoms with E-state index in [9.17, 15) is 4.39 Å². The highest BCUT2D eigenvalue weighted by Crippen LogP contribution is 2.19. The Hall–Kier alpha value is -5.04. The van der Waals surface area contributed by atoms with Gasteiger partial charge in [-0.25, -0.2) is 14.4 Å². The molecule has 0 aliphatic rings. The van der Waals surface area contributed by atoms with Gasteiger partial charge in [0.2, 0.25) is 23.2 Å². The molecule has 6 aromatic rings. The summed E-state index contributed by atoms with van der Waals surface area (Å²) in [5.41, 5.74) is 3.41. The molecule has 41 heavy (non-hydrogen) atoms. The molecule has 0 amide bonds. The molecule has 0 radical (unpaired) electrons. The van der Waals surface area contributed by atoms with Crippen molar-refractivity contribution in [1.82, 2.24) is 39.2 Å². The summed E-state index contributed by atoms with van der Waals surface area (Å²) in [7, 11) is 3.59. The summed E-state index contributed by atoms with van der Waals surface area (Å²) in [6, 6.07) is 14.2. The zero-order valence-corrected chi connectivity index (χ0v) is 23.1. The predicted octanol–water partition coefficient (Wildman–Crippen LogP) is 4.39. The molecule has 0 bridgehead atoms. The molecule has 12 nitrogen and oxygen atoms in total. The van der Waals surface area contributed by atoms with Crippen molar-refractivity contribution in [1.29, 1.82) is 0 Å². The predicted molar refractivity (Wildman–Crippen MR) is 158 cm³/mol. The summed E-state index contributed by atoms with van der Waals surface area (Å²) in [5.74, 6) is 2.45. The van der Waals surface area contributed by atoms with E-state index in [1.165, 1.54) is 12.1 Å². The lowest BCUT2D eigenvalue weighted by atomic mass is 10.1. The van der Waals surface area contributed by atoms with E-state index in [2.05, 4.69) is 51.6 Å². The number of hydrogen-bond acceptors (Lipinski definition) is 10. The molecule has 0 spiro atoms. The summed E-state index contributed by atoms with van der Waals surface area (Å²) in [5, 5.41) is 29.4. The molecule has 2 aromatic carbocycles. The van der Waals surface area contributed by atoms with E-state index in [1.54, 1.807) is 44.8 Å². The van der Waals surface area contributed by atoms with Crippen molar-refractivity contribution in [2.45, 2.75) is 13.0 Å². The summed E-state index contributed by atoms with van der Waals surface area (Å²) in [6.45, 7) is 1.26. The molecule has 0 unspecified atom stereocenters. The smallest absolute Gasteiger partial charge is 0.228 e. The third-order valence-electron chi connectivity index (χ3n) is 6.12. The second kappa shape index (κ2) is 12.9. The van der Waals surface area contributed by atoms with Crippen LogP contribution in [0.1, 0.15) is 11.1 Å². The Morgan fingerprint density at radius 3 is 1.93 bits per heavy atom. The minimum Gasteiger partial charge on any atom is -0.367 e. The lowest BCUT2D eigenvalue weighted by Crippen LogP contribution is -2.08. The topological polar surface area (TPSA) is 134 Å². The highest BCUT2D eigenvalue weighted by molar-refractivity contribution is 6.31. The quantitative estimate of drug-likeness (QED) is 0.197. The van der Waals surface area contributed by atoms with Crippen LogP contribution in [-0.2, 0) is 13.0 Å². The molecule has 6 rings (SSSR count). The van der Waals surface area contributed by atoms with E-state index in [4.69, 9.17) is 11.6 Å². The SMILES string of the molecule is CNc1nnc2c(NCCc3ccc(F)cc3)nccn12.CNc1nnc2c(NCc3ccccc3Cl)nccn12. The molecule has 4 N–H and O–H groups in total. The zero-order chi connectivity index (χ0) is 28.6. The number of aromatic nitrogens is 8. The van der Waals surface area contributed by atoms with Gasteiger partial charge >= 0.3 is 0 Å². The van der Waals surface area contributed by atoms with Crippen LogP contribution in [0.15, 0.2) is 73.3 Å². The van der Waals surface area contributed by atoms with E-state index < -0.39 is 0 Å². The van der Waals surface area contributed by atoms with E-state index in [1.807, 2.05) is 39.3 Å². The van der Waals surface area contributed by atoms with E-state index in [-0.39, 0.29) is 5.82 Å². The maximum absolute atomic E-state index is 12.8. The van der Waals surface area contributed by atoms with Crippen LogP contribution in [0.25, 0.3) is 11.3 Å². The van der Waals surface area contributed by atoms with Crippen molar-refractivity contribution in [3.63, 3.8) is 0 Å². The average molecular weight is 575 g/mol. The third kappa shape index (κ3) is 6.41. The largest absolute Gasteiger partial charge is 0.367 e. The average Bonchev–Trinajstić information content (AvgIpc) is 3.63. The number of hydrogen-bond donors (Lipinski definition) is 4. The van der Waals surface area contributed by atoms with Gasteiger partial charge in [-0.15, -0.1) is 20.4 Å². The van der Waals surface area contributed by atoms with Gasteiger partial charge in [-0.2, -0.15) is 0 Å². The van der Waals surface area contributed by atoms with Crippen molar-refractivity contribution in [2.75, 3.05) is 41.9 Å². The van der Waals surface area contributed by atoms with Crippen LogP contribution in [0.2, 0.25) is 5.02 Å². The fraction of sp³-hybridized carbons (Fsp3) is 0.185. The molecule has 4 heterocycles. The van der Waals surface area contributed by atoms with E-state index in [0.29, 0.717) is 47.9 Å². The normalized spacial score (nSPS) is 10.7. The molecule has 210 valence electrons. The lowest BCUT2D eigenvalue weighted by molar-refractivity contribution is 0.627. The first-order valence-corrected chi connectivity index (χ1v) is 13.2. The van der Waals surface area contributed by atoms with Crippen LogP contribution in [0.4, 0.5) is 27.9 Å². The lowest BCUT2D eigenvalue weighted by Gasteiger charge is -2.08. The number of fused-ring (bicyclic) bond motifs is 2. The van der Waals surface area contributed by atoms with Crippen molar-refractivity contribution in [2.24, 2.45) is 0 Å². The number of nitrogens with zero attached hydrogens (tertiary/aromatic N) is 8. The van der Waals surface area contributed by atoms with Crippen LogP contribution in [0, 0.1) is 5.82 Å². The molecule has 4 aromatic heterocycles. The van der Waals surface area contributed by atoms with E-state index in [0.717, 1.165) is 22.6 Å². The Kier molecular flexibility index (Phi) is 8.64. The minimum absolute atomic E-state index is 0.221. The van der Waals surface area contributed by atoms with Gasteiger partial charge in [0.15, 0.2) is 11.6 Å². The van der Waals surface area contributed by atoms with Gasteiger partial charge in [0.25, 0.3) is 0 Å². The summed E-state index contributed by atoms with van der Waals surface area (Å²) in [6.07, 6.45) is 7.77. The zero-order valence-electron chi connectivity index (χ0n) is 22.4. The second-order valence-electron chi connectivity index (χ2n) is 8.73. The third-order valence-corrected chi connectivity index (χ3v) is 6.49. The second-order valence-corrected chi connectivity index (χ2v) is 9.14. The van der Waals surface area contributed by atoms with Gasteiger partial charge in [0.05, 0.1) is 0 Å². The highest BCUT2D eigenvalue weighted by atomic mass is 35.5. The van der Waals surface area contributed by atoms with Gasteiger partial charge < -0.3 is 21.3 Å². The molecular weight excluding hydrogens is 547 g/mol. The van der Waals surface area contributed by atoms with Crippen LogP contribution in [0.5, 0.6) is 0 Å². The fourth-order valence-corrected chi connectivity index (χ4v) is 4.24. The number of rotatable bonds is 9. The minimum atomic E-state index is -0.221. The first kappa shape index (κ1) is 27.5. The number of nitrogens with one attached hydrogen (secondary N) is 4. The monoisotopic (exact) mass is 574 g/mol. The summed E-state index contributed by atoms with van der Waals surface area (Å²) in [4.78, 5) is 8.57. The maximum atomic E-state index is 12.8. The van der Waals surface area contributed by atoms with Crippen molar-refractivity contribution in [3.05, 3.63) is 95.3 Å². The number of anilines is 4. The number of benzene rings is 2. The Bertz CT molecular complexity index is 1730. The number of halogens is 2. The van der Waals surface area contributed by atoms with Gasteiger partial charge in [0, 0.05) is 57.0 Å². The first-order chi connectivity index (χ1) is 20.1. The molecular formula is C27H28ClFN12. The molecule has 0 saturated carbocycles. The summed E-state index contributed by atoms with van der Waals surface area (Å²) < 4.78 is 16.5. The Labute approximate surface area is 240 Å². The fourth-order valence-electron chi connectivity index (χ4n) is 4.04. The standard InChI is InChI=1S/C14H15FN6.C13H13ClN6/c1-16-14-20-19-13-12(18-8-9-21(13)14)17-7-6-10-2-4-11(15)5-3-10;1-15-13-19-18-12-11(16-6-7-20(12)13)17-8-9-4-2-3-5-10(9)14/h2-5,8-9H,6-7H2,1H3,(H,16,20)(H,17,18);2-7H,8H2,1H3,(H,15,19)(H,16,17). The van der Waals surface area contributed by atoms with Gasteiger partial charge in [-0.3, -0.25) is 8.80 Å². The highest BCUT2D eigenvalue weighted by Gasteiger charge is 2.10. The molecule has 0 saturated heterocycles. The Morgan fingerprint density at radius 2 is 1.34 bits per heavy atom. The van der Waals surface area contributed by atoms with Gasteiger partial charge in [-0.1, -0.05) is 41.9 Å². The molecule has 14 heteroatoms. The Morgan fingerprint density at radius 1 is 0.756 bits per heavy atom. The van der Waals surface area contributed by atoms with E-state index >= 15 is 0 Å². The maximum Gasteiger partial charge on any atom is 0.228 e. The van der Waals surface area contributed by atoms with Crippen LogP contribution in [-0.4, -0.2) is 59.8 Å². The van der Waals surface area contributed by atoms with Crippen LogP contribution >= 0.6 is 11.6 Å². The molecule has 0 atom stereocenters. The van der Waals surface area contributed by atoms with Crippen LogP contribution < -0.4 is 21.3 Å². The van der Waals surface area contributed by atoms with Gasteiger partial charge in [-0.05, 0) is 35.7 Å². The summed E-state index contributed by atoms with van der Waals surface area (Å²) >= 11 is 6.13. The van der Waals surface area contributed by atoms with Crippen molar-refractivity contribution < 1.29 is 4.39 Å². The van der Waals surface area contributed by atoms with Crippen LogP contribution in [0.3, 0.4) is 0 Å². The first-order valence-electron chi connectivity index (χ1n) is 12.8. The Balaban J connectivity index is 0.000000165. The van der Waals surface area contributed by atoms with Crippen molar-refractivity contribution in [3.8, 4) is 0 Å². The van der Waals surface area contributed by atoms with Gasteiger partial charge in [0.1, 0.15) is 5.82 Å². The molecule has 0 fully saturated rings. The van der Waals surface area contributed by atoms with Crippen molar-refractivity contribution >= 4 is 46.4 Å². The molecule has 0 aliphatic carbocycles.